The van der Waals surface area contributed by atoms with Crippen molar-refractivity contribution in [2.45, 2.75) is 11.3 Å². The Balaban J connectivity index is 1.81. The minimum Gasteiger partial charge on any atom is -0.277 e. The van der Waals surface area contributed by atoms with Crippen molar-refractivity contribution in [2.75, 3.05) is 11.5 Å². The lowest BCUT2D eigenvalue weighted by Crippen LogP contribution is -2.32. The van der Waals surface area contributed by atoms with Gasteiger partial charge in [-0.3, -0.25) is 10.4 Å². The number of hydrogen-bond acceptors (Lipinski definition) is 6. The Morgan fingerprint density at radius 3 is 3.11 bits per heavy atom. The smallest absolute Gasteiger partial charge is 0.177 e. The second-order valence-electron chi connectivity index (χ2n) is 4.48. The quantitative estimate of drug-likeness (QED) is 0.806. The minimum atomic E-state index is -2.99. The van der Waals surface area contributed by atoms with Crippen molar-refractivity contribution in [3.63, 3.8) is 0 Å². The van der Waals surface area contributed by atoms with E-state index in [0.29, 0.717) is 5.17 Å². The number of rotatable bonds is 2. The third-order valence-corrected chi connectivity index (χ3v) is 6.19. The number of sulfone groups is 1. The Morgan fingerprint density at radius 2 is 2.37 bits per heavy atom. The highest BCUT2D eigenvalue weighted by molar-refractivity contribution is 8.15. The lowest BCUT2D eigenvalue weighted by molar-refractivity contribution is 0.376. The molecular weight excluding hydrogens is 284 g/mol. The second kappa shape index (κ2) is 4.61. The molecule has 100 valence electrons. The van der Waals surface area contributed by atoms with E-state index < -0.39 is 9.84 Å². The molecule has 8 heteroatoms. The Labute approximate surface area is 115 Å². The topological polar surface area (TPSA) is 86.5 Å². The summed E-state index contributed by atoms with van der Waals surface area (Å²) in [5.74, 6) is 0.223. The van der Waals surface area contributed by atoms with Gasteiger partial charge in [-0.15, -0.1) is 0 Å². The standard InChI is InChI=1S/C11H12N4O2S2/c12-11-15(14-5-8-2-1-3-13-4-8)9-6-19(16,17)7-10(9)18-11/h1-5,9-10,12H,6-7H2/b12-11?,14-5-/t9-,10-/m1/s1. The average Bonchev–Trinajstić information content (AvgIpc) is 2.79. The van der Waals surface area contributed by atoms with Crippen LogP contribution in [0.5, 0.6) is 0 Å². The molecule has 2 atom stereocenters. The molecule has 0 aromatic carbocycles. The molecule has 2 saturated heterocycles. The third-order valence-electron chi connectivity index (χ3n) is 3.07. The molecule has 19 heavy (non-hydrogen) atoms. The molecule has 0 spiro atoms. The second-order valence-corrected chi connectivity index (χ2v) is 7.86. The number of nitrogens with one attached hydrogen (secondary N) is 1. The van der Waals surface area contributed by atoms with E-state index in [9.17, 15) is 8.42 Å². The molecule has 2 fully saturated rings. The maximum Gasteiger partial charge on any atom is 0.177 e. The first-order chi connectivity index (χ1) is 9.05. The summed E-state index contributed by atoms with van der Waals surface area (Å²) in [6, 6.07) is 3.44. The Bertz CT molecular complexity index is 629. The van der Waals surface area contributed by atoms with Crippen molar-refractivity contribution in [3.8, 4) is 0 Å². The number of pyridine rings is 1. The van der Waals surface area contributed by atoms with Crippen molar-refractivity contribution in [3.05, 3.63) is 30.1 Å². The number of aromatic nitrogens is 1. The molecule has 1 aromatic heterocycles. The van der Waals surface area contributed by atoms with Gasteiger partial charge in [0.05, 0.1) is 23.8 Å². The van der Waals surface area contributed by atoms with Crippen LogP contribution in [0.25, 0.3) is 0 Å². The molecule has 0 radical (unpaired) electrons. The van der Waals surface area contributed by atoms with E-state index in [1.807, 2.05) is 6.07 Å². The molecule has 1 N–H and O–H groups in total. The normalized spacial score (nSPS) is 29.1. The van der Waals surface area contributed by atoms with E-state index in [-0.39, 0.29) is 22.8 Å². The molecule has 3 rings (SSSR count). The van der Waals surface area contributed by atoms with Gasteiger partial charge in [-0.2, -0.15) is 5.10 Å². The highest BCUT2D eigenvalue weighted by Gasteiger charge is 2.48. The summed E-state index contributed by atoms with van der Waals surface area (Å²) in [5, 5.41) is 13.9. The first kappa shape index (κ1) is 12.6. The Hall–Kier alpha value is -1.41. The molecule has 0 aliphatic carbocycles. The number of nitrogens with zero attached hydrogens (tertiary/aromatic N) is 3. The lowest BCUT2D eigenvalue weighted by atomic mass is 10.2. The zero-order valence-corrected chi connectivity index (χ0v) is 11.6. The SMILES string of the molecule is N=C1S[C@@H]2CS(=O)(=O)C[C@H]2N1/N=C\c1cccnc1. The van der Waals surface area contributed by atoms with Gasteiger partial charge in [0, 0.05) is 23.2 Å². The van der Waals surface area contributed by atoms with Crippen LogP contribution in [-0.4, -0.2) is 52.6 Å². The fraction of sp³-hybridized carbons (Fsp3) is 0.364. The highest BCUT2D eigenvalue weighted by Crippen LogP contribution is 2.37. The van der Waals surface area contributed by atoms with Gasteiger partial charge in [-0.1, -0.05) is 17.8 Å². The lowest BCUT2D eigenvalue weighted by Gasteiger charge is -2.17. The van der Waals surface area contributed by atoms with Gasteiger partial charge in [0.15, 0.2) is 15.0 Å². The number of hydrazone groups is 1. The van der Waals surface area contributed by atoms with Crippen LogP contribution in [0.15, 0.2) is 29.6 Å². The van der Waals surface area contributed by atoms with Crippen molar-refractivity contribution >= 4 is 33.0 Å². The van der Waals surface area contributed by atoms with Crippen LogP contribution in [0.1, 0.15) is 5.56 Å². The first-order valence-electron chi connectivity index (χ1n) is 5.74. The number of thioether (sulfide) groups is 1. The van der Waals surface area contributed by atoms with Crippen LogP contribution < -0.4 is 0 Å². The number of amidine groups is 1. The molecule has 0 unspecified atom stereocenters. The molecule has 0 amide bonds. The molecule has 0 saturated carbocycles. The van der Waals surface area contributed by atoms with E-state index in [0.717, 1.165) is 5.56 Å². The van der Waals surface area contributed by atoms with Gasteiger partial charge in [-0.05, 0) is 6.07 Å². The molecule has 2 aliphatic rings. The largest absolute Gasteiger partial charge is 0.277 e. The predicted molar refractivity (Wildman–Crippen MR) is 75.2 cm³/mol. The van der Waals surface area contributed by atoms with Gasteiger partial charge in [-0.25, -0.2) is 13.4 Å². The minimum absolute atomic E-state index is 0.0662. The molecular formula is C11H12N4O2S2. The Morgan fingerprint density at radius 1 is 1.53 bits per heavy atom. The molecule has 2 aliphatic heterocycles. The average molecular weight is 296 g/mol. The Kier molecular flexibility index (Phi) is 3.06. The molecule has 0 bridgehead atoms. The van der Waals surface area contributed by atoms with Crippen molar-refractivity contribution < 1.29 is 8.42 Å². The van der Waals surface area contributed by atoms with Crippen LogP contribution >= 0.6 is 11.8 Å². The van der Waals surface area contributed by atoms with Crippen LogP contribution in [-0.2, 0) is 9.84 Å². The zero-order valence-electron chi connectivity index (χ0n) is 9.93. The fourth-order valence-corrected chi connectivity index (χ4v) is 5.92. The van der Waals surface area contributed by atoms with Crippen molar-refractivity contribution in [2.24, 2.45) is 5.10 Å². The van der Waals surface area contributed by atoms with E-state index in [4.69, 9.17) is 5.41 Å². The summed E-state index contributed by atoms with van der Waals surface area (Å²) >= 11 is 1.28. The summed E-state index contributed by atoms with van der Waals surface area (Å²) in [6.07, 6.45) is 4.94. The summed E-state index contributed by atoms with van der Waals surface area (Å²) < 4.78 is 23.2. The highest BCUT2D eigenvalue weighted by atomic mass is 32.2. The summed E-state index contributed by atoms with van der Waals surface area (Å²) in [7, 11) is -2.99. The fourth-order valence-electron chi connectivity index (χ4n) is 2.20. The number of hydrogen-bond donors (Lipinski definition) is 1. The zero-order chi connectivity index (χ0) is 13.5. The van der Waals surface area contributed by atoms with Gasteiger partial charge >= 0.3 is 0 Å². The predicted octanol–water partition coefficient (Wildman–Crippen LogP) is 0.565. The molecule has 3 heterocycles. The van der Waals surface area contributed by atoms with E-state index in [1.165, 1.54) is 16.8 Å². The molecule has 1 aromatic rings. The van der Waals surface area contributed by atoms with Crippen LogP contribution in [0.3, 0.4) is 0 Å². The van der Waals surface area contributed by atoms with E-state index >= 15 is 0 Å². The van der Waals surface area contributed by atoms with Crippen molar-refractivity contribution in [1.29, 1.82) is 5.41 Å². The monoisotopic (exact) mass is 296 g/mol. The number of fused-ring (bicyclic) bond motifs is 1. The third kappa shape index (κ3) is 2.50. The van der Waals surface area contributed by atoms with Gasteiger partial charge in [0.1, 0.15) is 0 Å². The van der Waals surface area contributed by atoms with E-state index in [1.54, 1.807) is 24.7 Å². The first-order valence-corrected chi connectivity index (χ1v) is 8.44. The van der Waals surface area contributed by atoms with Crippen LogP contribution in [0.4, 0.5) is 0 Å². The molecule has 6 nitrogen and oxygen atoms in total. The maximum atomic E-state index is 11.6. The summed E-state index contributed by atoms with van der Waals surface area (Å²) in [5.41, 5.74) is 0.824. The summed E-state index contributed by atoms with van der Waals surface area (Å²) in [4.78, 5) is 3.97. The van der Waals surface area contributed by atoms with Gasteiger partial charge in [0.2, 0.25) is 0 Å². The van der Waals surface area contributed by atoms with Gasteiger partial charge in [0.25, 0.3) is 0 Å². The van der Waals surface area contributed by atoms with Gasteiger partial charge < -0.3 is 0 Å². The van der Waals surface area contributed by atoms with Crippen LogP contribution in [0, 0.1) is 5.41 Å². The maximum absolute atomic E-state index is 11.6. The van der Waals surface area contributed by atoms with Crippen LogP contribution in [0.2, 0.25) is 0 Å². The van der Waals surface area contributed by atoms with E-state index in [2.05, 4.69) is 10.1 Å². The van der Waals surface area contributed by atoms with Crippen molar-refractivity contribution in [1.82, 2.24) is 9.99 Å². The summed E-state index contributed by atoms with van der Waals surface area (Å²) in [6.45, 7) is 0.